The second-order valence-corrected chi connectivity index (χ2v) is 10.2. The predicted molar refractivity (Wildman–Crippen MR) is 138 cm³/mol. The van der Waals surface area contributed by atoms with Crippen LogP contribution >= 0.6 is 0 Å². The van der Waals surface area contributed by atoms with Crippen LogP contribution in [0.3, 0.4) is 0 Å². The van der Waals surface area contributed by atoms with E-state index in [1.807, 2.05) is 18.2 Å². The number of carbonyl (C=O) groups is 1. The van der Waals surface area contributed by atoms with Gasteiger partial charge >= 0.3 is 6.61 Å². The van der Waals surface area contributed by atoms with Crippen LogP contribution in [0.15, 0.2) is 36.5 Å². The number of fused-ring (bicyclic) bond motifs is 2. The van der Waals surface area contributed by atoms with Crippen molar-refractivity contribution in [1.82, 2.24) is 24.0 Å². The van der Waals surface area contributed by atoms with Crippen LogP contribution in [0.1, 0.15) is 29.6 Å². The maximum absolute atomic E-state index is 13.5. The van der Waals surface area contributed by atoms with E-state index in [9.17, 15) is 13.6 Å². The number of likely N-dealkylation sites (tertiary alicyclic amines) is 1. The molecule has 1 aliphatic carbocycles. The van der Waals surface area contributed by atoms with Crippen LogP contribution in [-0.4, -0.2) is 68.9 Å². The summed E-state index contributed by atoms with van der Waals surface area (Å²) in [6, 6.07) is 8.58. The van der Waals surface area contributed by atoms with Gasteiger partial charge in [0, 0.05) is 57.0 Å². The minimum absolute atomic E-state index is 0.0962. The van der Waals surface area contributed by atoms with Gasteiger partial charge in [-0.05, 0) is 55.5 Å². The van der Waals surface area contributed by atoms with Crippen LogP contribution in [0.5, 0.6) is 5.75 Å². The highest BCUT2D eigenvalue weighted by atomic mass is 19.3. The SMILES string of the molecule is CO[C@@H]1CCN(C(=O)c2cc(OC(F)F)c3c(c2)nc(-c2cc4cccnc4n2CC2CC2)n3C)C[C@@H]1N. The number of carbonyl (C=O) groups excluding carboxylic acids is 1. The number of nitrogens with two attached hydrogens (primary N) is 1. The zero-order valence-corrected chi connectivity index (χ0v) is 21.3. The molecule has 2 N–H and O–H groups in total. The summed E-state index contributed by atoms with van der Waals surface area (Å²) in [5.74, 6) is 0.762. The molecule has 0 unspecified atom stereocenters. The van der Waals surface area contributed by atoms with Crippen molar-refractivity contribution in [3.8, 4) is 17.3 Å². The number of benzene rings is 1. The van der Waals surface area contributed by atoms with Gasteiger partial charge in [-0.1, -0.05) is 0 Å². The van der Waals surface area contributed by atoms with Crippen molar-refractivity contribution >= 4 is 28.0 Å². The number of piperidine rings is 1. The smallest absolute Gasteiger partial charge is 0.387 e. The molecule has 1 saturated carbocycles. The summed E-state index contributed by atoms with van der Waals surface area (Å²) < 4.78 is 41.2. The largest absolute Gasteiger partial charge is 0.432 e. The molecule has 1 aromatic carbocycles. The topological polar surface area (TPSA) is 100 Å². The quantitative estimate of drug-likeness (QED) is 0.395. The summed E-state index contributed by atoms with van der Waals surface area (Å²) in [7, 11) is 3.37. The van der Waals surface area contributed by atoms with Crippen LogP contribution < -0.4 is 10.5 Å². The highest BCUT2D eigenvalue weighted by Crippen LogP contribution is 2.38. The normalized spacial score (nSPS) is 20.1. The van der Waals surface area contributed by atoms with E-state index < -0.39 is 6.61 Å². The lowest BCUT2D eigenvalue weighted by Gasteiger charge is -2.36. The van der Waals surface area contributed by atoms with E-state index in [1.54, 1.807) is 35.9 Å². The number of aromatic nitrogens is 4. The van der Waals surface area contributed by atoms with E-state index in [2.05, 4.69) is 9.55 Å². The number of pyridine rings is 1. The zero-order chi connectivity index (χ0) is 26.6. The molecular formula is C27H30F2N6O3. The minimum Gasteiger partial charge on any atom is -0.432 e. The molecule has 6 rings (SSSR count). The number of ether oxygens (including phenoxy) is 2. The van der Waals surface area contributed by atoms with Crippen molar-refractivity contribution in [2.24, 2.45) is 18.7 Å². The Kier molecular flexibility index (Phi) is 6.27. The van der Waals surface area contributed by atoms with Gasteiger partial charge in [0.25, 0.3) is 5.91 Å². The van der Waals surface area contributed by atoms with E-state index in [0.717, 1.165) is 36.1 Å². The second-order valence-electron chi connectivity index (χ2n) is 10.2. The van der Waals surface area contributed by atoms with E-state index in [4.69, 9.17) is 20.2 Å². The van der Waals surface area contributed by atoms with Crippen molar-refractivity contribution < 1.29 is 23.0 Å². The Hall–Kier alpha value is -3.57. The maximum atomic E-state index is 13.5. The number of halogens is 2. The van der Waals surface area contributed by atoms with E-state index in [-0.39, 0.29) is 29.4 Å². The summed E-state index contributed by atoms with van der Waals surface area (Å²) in [6.07, 6.45) is 4.56. The lowest BCUT2D eigenvalue weighted by Crippen LogP contribution is -2.53. The first-order chi connectivity index (χ1) is 18.3. The van der Waals surface area contributed by atoms with E-state index in [1.165, 1.54) is 6.07 Å². The molecule has 0 radical (unpaired) electrons. The molecule has 0 spiro atoms. The number of methoxy groups -OCH3 is 1. The Morgan fingerprint density at radius 2 is 2.05 bits per heavy atom. The first kappa shape index (κ1) is 24.7. The standard InChI is InChI=1S/C27H30F2N6O3/c1-33-23-19(32-25(33)20-11-16-4-3-8-31-24(16)35(20)13-15-5-6-15)10-17(12-22(23)38-27(28)29)26(36)34-9-7-21(37-2)18(30)14-34/h3-4,8,10-12,15,18,21,27H,5-7,9,13-14,30H2,1-2H3/t18-,21+/m0/s1. The summed E-state index contributed by atoms with van der Waals surface area (Å²) in [5.41, 5.74) is 8.90. The molecule has 1 saturated heterocycles. The fraction of sp³-hybridized carbons (Fsp3) is 0.444. The van der Waals surface area contributed by atoms with Gasteiger partial charge in [0.05, 0.1) is 17.3 Å². The summed E-state index contributed by atoms with van der Waals surface area (Å²) in [5, 5.41) is 0.978. The molecule has 9 nitrogen and oxygen atoms in total. The van der Waals surface area contributed by atoms with Gasteiger partial charge < -0.3 is 29.2 Å². The lowest BCUT2D eigenvalue weighted by molar-refractivity contribution is -0.0490. The first-order valence-corrected chi connectivity index (χ1v) is 12.8. The number of nitrogens with zero attached hydrogens (tertiary/aromatic N) is 5. The highest BCUT2D eigenvalue weighted by Gasteiger charge is 2.31. The fourth-order valence-electron chi connectivity index (χ4n) is 5.48. The van der Waals surface area contributed by atoms with Crippen molar-refractivity contribution in [2.45, 2.75) is 44.6 Å². The molecule has 200 valence electrons. The predicted octanol–water partition coefficient (Wildman–Crippen LogP) is 3.79. The third-order valence-corrected chi connectivity index (χ3v) is 7.60. The molecule has 11 heteroatoms. The first-order valence-electron chi connectivity index (χ1n) is 12.8. The van der Waals surface area contributed by atoms with Crippen molar-refractivity contribution in [3.05, 3.63) is 42.1 Å². The molecular weight excluding hydrogens is 494 g/mol. The Morgan fingerprint density at radius 3 is 2.76 bits per heavy atom. The summed E-state index contributed by atoms with van der Waals surface area (Å²) in [4.78, 5) is 24.5. The van der Waals surface area contributed by atoms with E-state index >= 15 is 0 Å². The third kappa shape index (κ3) is 4.39. The van der Waals surface area contributed by atoms with Crippen molar-refractivity contribution in [1.29, 1.82) is 0 Å². The fourth-order valence-corrected chi connectivity index (χ4v) is 5.48. The number of alkyl halides is 2. The highest BCUT2D eigenvalue weighted by molar-refractivity contribution is 6.00. The van der Waals surface area contributed by atoms with Crippen LogP contribution in [-0.2, 0) is 18.3 Å². The van der Waals surface area contributed by atoms with Gasteiger partial charge in [0.2, 0.25) is 0 Å². The number of rotatable bonds is 7. The molecule has 38 heavy (non-hydrogen) atoms. The number of hydrogen-bond acceptors (Lipinski definition) is 6. The molecule has 1 aliphatic heterocycles. The molecule has 4 heterocycles. The molecule has 0 bridgehead atoms. The van der Waals surface area contributed by atoms with Crippen LogP contribution in [0.25, 0.3) is 33.6 Å². The van der Waals surface area contributed by atoms with E-state index in [0.29, 0.717) is 42.3 Å². The summed E-state index contributed by atoms with van der Waals surface area (Å²) >= 11 is 0. The number of imidazole rings is 1. The number of aryl methyl sites for hydroxylation is 1. The van der Waals surface area contributed by atoms with Gasteiger partial charge in [-0.25, -0.2) is 9.97 Å². The summed E-state index contributed by atoms with van der Waals surface area (Å²) in [6.45, 7) is -1.49. The van der Waals surface area contributed by atoms with Gasteiger partial charge in [0.1, 0.15) is 11.2 Å². The molecule has 2 fully saturated rings. The van der Waals surface area contributed by atoms with Crippen LogP contribution in [0.4, 0.5) is 8.78 Å². The third-order valence-electron chi connectivity index (χ3n) is 7.60. The number of amides is 1. The average Bonchev–Trinajstić information content (AvgIpc) is 3.56. The van der Waals surface area contributed by atoms with Crippen LogP contribution in [0, 0.1) is 5.92 Å². The Morgan fingerprint density at radius 1 is 1.24 bits per heavy atom. The monoisotopic (exact) mass is 524 g/mol. The van der Waals surface area contributed by atoms with Gasteiger partial charge in [-0.15, -0.1) is 0 Å². The lowest BCUT2D eigenvalue weighted by atomic mass is 10.0. The Balaban J connectivity index is 1.45. The van der Waals surface area contributed by atoms with Crippen molar-refractivity contribution in [2.75, 3.05) is 20.2 Å². The van der Waals surface area contributed by atoms with Gasteiger partial charge in [-0.3, -0.25) is 4.79 Å². The Bertz CT molecular complexity index is 1510. The van der Waals surface area contributed by atoms with Gasteiger partial charge in [-0.2, -0.15) is 8.78 Å². The molecule has 3 aromatic heterocycles. The van der Waals surface area contributed by atoms with Crippen LogP contribution in [0.2, 0.25) is 0 Å². The number of hydrogen-bond donors (Lipinski definition) is 1. The zero-order valence-electron chi connectivity index (χ0n) is 21.3. The molecule has 2 atom stereocenters. The van der Waals surface area contributed by atoms with Crippen molar-refractivity contribution in [3.63, 3.8) is 0 Å². The van der Waals surface area contributed by atoms with Gasteiger partial charge in [0.15, 0.2) is 11.6 Å². The molecule has 2 aliphatic rings. The molecule has 1 amide bonds. The molecule has 4 aromatic rings. The second kappa shape index (κ2) is 9.63. The maximum Gasteiger partial charge on any atom is 0.387 e. The Labute approximate surface area is 218 Å². The minimum atomic E-state index is -3.06. The average molecular weight is 525 g/mol.